The fraction of sp³-hybridized carbons (Fsp3) is 0.0800. The number of para-hydroxylation sites is 1. The molecule has 1 heterocycles. The molecule has 0 unspecified atom stereocenters. The van der Waals surface area contributed by atoms with Crippen molar-refractivity contribution in [3.05, 3.63) is 124 Å². The lowest BCUT2D eigenvalue weighted by Crippen LogP contribution is -2.43. The van der Waals surface area contributed by atoms with Crippen molar-refractivity contribution < 1.29 is 9.90 Å². The molecule has 0 saturated heterocycles. The number of nitrogens with zero attached hydrogens (tertiary/aromatic N) is 2. The second-order valence-electron chi connectivity index (χ2n) is 7.27. The molecule has 0 saturated carbocycles. The molecule has 4 rings (SSSR count). The van der Waals surface area contributed by atoms with Crippen LogP contribution in [0.5, 0.6) is 0 Å². The first-order chi connectivity index (χ1) is 15.5. The van der Waals surface area contributed by atoms with E-state index in [1.54, 1.807) is 79.7 Å². The number of hydrazone groups is 1. The van der Waals surface area contributed by atoms with Gasteiger partial charge in [-0.1, -0.05) is 78.9 Å². The fourth-order valence-corrected chi connectivity index (χ4v) is 3.49. The molecule has 1 aromatic heterocycles. The number of amides is 1. The van der Waals surface area contributed by atoms with Gasteiger partial charge in [0.25, 0.3) is 11.5 Å². The molecule has 0 aliphatic rings. The Balaban J connectivity index is 1.62. The Morgan fingerprint density at radius 1 is 0.938 bits per heavy atom. The molecule has 1 amide bonds. The van der Waals surface area contributed by atoms with Crippen LogP contribution >= 0.6 is 0 Å². The van der Waals surface area contributed by atoms with E-state index in [1.165, 1.54) is 10.9 Å². The van der Waals surface area contributed by atoms with E-state index in [0.29, 0.717) is 28.1 Å². The number of rotatable bonds is 6. The zero-order chi connectivity index (χ0) is 22.6. The number of benzene rings is 3. The summed E-state index contributed by atoms with van der Waals surface area (Å²) in [6.45, 7) is 1.74. The van der Waals surface area contributed by atoms with Crippen molar-refractivity contribution >= 4 is 12.1 Å². The van der Waals surface area contributed by atoms with Crippen molar-refractivity contribution in [3.8, 4) is 5.69 Å². The number of aromatic amines is 1. The highest BCUT2D eigenvalue weighted by Gasteiger charge is 2.39. The molecular formula is C25H22N4O3. The summed E-state index contributed by atoms with van der Waals surface area (Å²) in [7, 11) is 0. The average molecular weight is 426 g/mol. The van der Waals surface area contributed by atoms with Crippen LogP contribution < -0.4 is 11.0 Å². The van der Waals surface area contributed by atoms with Gasteiger partial charge < -0.3 is 5.11 Å². The predicted molar refractivity (Wildman–Crippen MR) is 123 cm³/mol. The zero-order valence-corrected chi connectivity index (χ0v) is 17.4. The van der Waals surface area contributed by atoms with Crippen LogP contribution in [0.1, 0.15) is 22.4 Å². The molecule has 7 heteroatoms. The van der Waals surface area contributed by atoms with Gasteiger partial charge in [-0.25, -0.2) is 10.1 Å². The predicted octanol–water partition coefficient (Wildman–Crippen LogP) is 2.86. The Morgan fingerprint density at radius 2 is 1.44 bits per heavy atom. The van der Waals surface area contributed by atoms with Crippen LogP contribution in [0.25, 0.3) is 5.69 Å². The van der Waals surface area contributed by atoms with Crippen molar-refractivity contribution in [2.24, 2.45) is 5.10 Å². The highest BCUT2D eigenvalue weighted by atomic mass is 16.3. The Labute approximate surface area is 184 Å². The molecule has 160 valence electrons. The van der Waals surface area contributed by atoms with Crippen LogP contribution in [-0.2, 0) is 10.4 Å². The molecular weight excluding hydrogens is 404 g/mol. The Morgan fingerprint density at radius 3 is 1.97 bits per heavy atom. The summed E-state index contributed by atoms with van der Waals surface area (Å²) in [6, 6.07) is 26.4. The molecule has 4 aromatic rings. The SMILES string of the molecule is Cc1[nH]n(-c2ccccc2)c(=O)c1/C=N\NC(=O)C(O)(c1ccccc1)c1ccccc1. The summed E-state index contributed by atoms with van der Waals surface area (Å²) in [5.74, 6) is -0.734. The van der Waals surface area contributed by atoms with E-state index in [1.807, 2.05) is 18.2 Å². The van der Waals surface area contributed by atoms with Crippen LogP contribution in [-0.4, -0.2) is 27.0 Å². The number of carbonyl (C=O) groups excluding carboxylic acids is 1. The second kappa shape index (κ2) is 8.87. The van der Waals surface area contributed by atoms with Crippen LogP contribution in [0.3, 0.4) is 0 Å². The number of H-pyrrole nitrogens is 1. The number of aromatic nitrogens is 2. The van der Waals surface area contributed by atoms with E-state index in [9.17, 15) is 14.7 Å². The second-order valence-corrected chi connectivity index (χ2v) is 7.27. The summed E-state index contributed by atoms with van der Waals surface area (Å²) >= 11 is 0. The lowest BCUT2D eigenvalue weighted by molar-refractivity contribution is -0.136. The van der Waals surface area contributed by atoms with E-state index >= 15 is 0 Å². The van der Waals surface area contributed by atoms with Crippen LogP contribution in [0.15, 0.2) is 101 Å². The molecule has 0 spiro atoms. The molecule has 0 radical (unpaired) electrons. The third kappa shape index (κ3) is 3.89. The first kappa shape index (κ1) is 21.0. The van der Waals surface area contributed by atoms with Crippen molar-refractivity contribution in [2.75, 3.05) is 0 Å². The maximum Gasteiger partial charge on any atom is 0.281 e. The van der Waals surface area contributed by atoms with Crippen LogP contribution in [0.4, 0.5) is 0 Å². The Kier molecular flexibility index (Phi) is 5.83. The first-order valence-electron chi connectivity index (χ1n) is 10.1. The third-order valence-corrected chi connectivity index (χ3v) is 5.20. The highest BCUT2D eigenvalue weighted by Crippen LogP contribution is 2.29. The van der Waals surface area contributed by atoms with Gasteiger partial charge in [-0.15, -0.1) is 0 Å². The van der Waals surface area contributed by atoms with Crippen molar-refractivity contribution in [1.82, 2.24) is 15.2 Å². The maximum atomic E-state index is 13.1. The molecule has 3 N–H and O–H groups in total. The number of carbonyl (C=O) groups is 1. The van der Waals surface area contributed by atoms with E-state index < -0.39 is 11.5 Å². The quantitative estimate of drug-likeness (QED) is 0.327. The molecule has 0 fully saturated rings. The van der Waals surface area contributed by atoms with Gasteiger partial charge in [0.05, 0.1) is 17.5 Å². The van der Waals surface area contributed by atoms with E-state index in [4.69, 9.17) is 0 Å². The smallest absolute Gasteiger partial charge is 0.281 e. The minimum atomic E-state index is -1.95. The molecule has 0 aliphatic carbocycles. The lowest BCUT2D eigenvalue weighted by Gasteiger charge is -2.27. The van der Waals surface area contributed by atoms with Gasteiger partial charge >= 0.3 is 0 Å². The molecule has 0 atom stereocenters. The normalized spacial score (nSPS) is 11.6. The minimum absolute atomic E-state index is 0.298. The van der Waals surface area contributed by atoms with Gasteiger partial charge in [0.1, 0.15) is 0 Å². The van der Waals surface area contributed by atoms with Gasteiger partial charge in [-0.05, 0) is 30.2 Å². The summed E-state index contributed by atoms with van der Waals surface area (Å²) < 4.78 is 1.41. The van der Waals surface area contributed by atoms with E-state index in [2.05, 4.69) is 15.6 Å². The number of aliphatic hydroxyl groups is 1. The molecule has 0 bridgehead atoms. The van der Waals surface area contributed by atoms with Crippen LogP contribution in [0.2, 0.25) is 0 Å². The van der Waals surface area contributed by atoms with E-state index in [-0.39, 0.29) is 5.56 Å². The fourth-order valence-electron chi connectivity index (χ4n) is 3.49. The Hall–Kier alpha value is -4.23. The largest absolute Gasteiger partial charge is 0.372 e. The summed E-state index contributed by atoms with van der Waals surface area (Å²) in [4.78, 5) is 25.9. The summed E-state index contributed by atoms with van der Waals surface area (Å²) in [6.07, 6.45) is 1.28. The number of hydrogen-bond acceptors (Lipinski definition) is 4. The standard InChI is InChI=1S/C25H22N4O3/c1-18-22(23(30)29(28-18)21-15-9-4-10-16-21)17-26-27-24(31)25(32,19-11-5-2-6-12-19)20-13-7-3-8-14-20/h2-17,28,32H,1H3,(H,27,31)/b26-17-. The first-order valence-corrected chi connectivity index (χ1v) is 10.1. The number of aryl methyl sites for hydroxylation is 1. The van der Waals surface area contributed by atoms with E-state index in [0.717, 1.165) is 0 Å². The van der Waals surface area contributed by atoms with Gasteiger partial charge in [-0.2, -0.15) is 5.10 Å². The van der Waals surface area contributed by atoms with Crippen LogP contribution in [0, 0.1) is 6.92 Å². The number of nitrogens with one attached hydrogen (secondary N) is 2. The van der Waals surface area contributed by atoms with Gasteiger partial charge in [0, 0.05) is 5.69 Å². The minimum Gasteiger partial charge on any atom is -0.372 e. The Bertz CT molecular complexity index is 1250. The number of hydrogen-bond donors (Lipinski definition) is 3. The van der Waals surface area contributed by atoms with Gasteiger partial charge in [-0.3, -0.25) is 14.7 Å². The molecule has 32 heavy (non-hydrogen) atoms. The van der Waals surface area contributed by atoms with Crippen molar-refractivity contribution in [3.63, 3.8) is 0 Å². The monoisotopic (exact) mass is 426 g/mol. The third-order valence-electron chi connectivity index (χ3n) is 5.20. The molecule has 0 aliphatic heterocycles. The molecule has 7 nitrogen and oxygen atoms in total. The summed E-state index contributed by atoms with van der Waals surface area (Å²) in [5.41, 5.74) is 2.54. The maximum absolute atomic E-state index is 13.1. The van der Waals surface area contributed by atoms with Gasteiger partial charge in [0.15, 0.2) is 5.60 Å². The zero-order valence-electron chi connectivity index (χ0n) is 17.4. The van der Waals surface area contributed by atoms with Gasteiger partial charge in [0.2, 0.25) is 0 Å². The topological polar surface area (TPSA) is 99.5 Å². The average Bonchev–Trinajstić information content (AvgIpc) is 3.13. The van der Waals surface area contributed by atoms with Crippen molar-refractivity contribution in [1.29, 1.82) is 0 Å². The molecule has 3 aromatic carbocycles. The summed E-state index contributed by atoms with van der Waals surface area (Å²) in [5, 5.41) is 18.4. The van der Waals surface area contributed by atoms with Crippen molar-refractivity contribution in [2.45, 2.75) is 12.5 Å². The lowest BCUT2D eigenvalue weighted by atomic mass is 9.85. The highest BCUT2D eigenvalue weighted by molar-refractivity contribution is 5.91.